The summed E-state index contributed by atoms with van der Waals surface area (Å²) in [6, 6.07) is 3.85. The third-order valence-corrected chi connectivity index (χ3v) is 3.34. The molecular weight excluding hydrogens is 431 g/mol. The molecule has 0 bridgehead atoms. The van der Waals surface area contributed by atoms with Crippen LogP contribution in [0, 0.1) is 0 Å². The molecule has 7 heteroatoms. The van der Waals surface area contributed by atoms with Gasteiger partial charge in [-0.15, -0.1) is 30.6 Å². The molecule has 0 atom stereocenters. The number of aliphatic imine (C=N–C) groups is 1. The van der Waals surface area contributed by atoms with E-state index in [9.17, 15) is 0 Å². The molecule has 1 aromatic rings. The van der Waals surface area contributed by atoms with Crippen molar-refractivity contribution in [1.82, 2.24) is 15.2 Å². The maximum atomic E-state index is 5.46. The van der Waals surface area contributed by atoms with Crippen LogP contribution in [0.2, 0.25) is 0 Å². The van der Waals surface area contributed by atoms with E-state index in [1.165, 1.54) is 0 Å². The molecule has 0 aliphatic rings. The fourth-order valence-electron chi connectivity index (χ4n) is 2.03. The molecule has 1 rings (SSSR count). The van der Waals surface area contributed by atoms with Gasteiger partial charge in [0.05, 0.1) is 13.2 Å². The number of nitrogens with zero attached hydrogens (tertiary/aromatic N) is 3. The first-order valence-corrected chi connectivity index (χ1v) is 8.38. The summed E-state index contributed by atoms with van der Waals surface area (Å²) in [5.74, 6) is 1.51. The van der Waals surface area contributed by atoms with Crippen LogP contribution in [-0.4, -0.2) is 56.3 Å². The molecule has 0 spiro atoms. The van der Waals surface area contributed by atoms with Crippen LogP contribution >= 0.6 is 24.0 Å². The van der Waals surface area contributed by atoms with Gasteiger partial charge in [0.25, 0.3) is 0 Å². The normalized spacial score (nSPS) is 10.8. The lowest BCUT2D eigenvalue weighted by Gasteiger charge is -2.21. The van der Waals surface area contributed by atoms with Crippen molar-refractivity contribution >= 4 is 29.9 Å². The fraction of sp³-hybridized carbons (Fsp3) is 0.556. The summed E-state index contributed by atoms with van der Waals surface area (Å²) >= 11 is 0. The molecule has 0 radical (unpaired) electrons. The van der Waals surface area contributed by atoms with E-state index >= 15 is 0 Å². The van der Waals surface area contributed by atoms with Gasteiger partial charge in [0.2, 0.25) is 5.88 Å². The molecule has 0 aromatic carbocycles. The summed E-state index contributed by atoms with van der Waals surface area (Å²) in [5, 5.41) is 3.32. The average Bonchev–Trinajstić information content (AvgIpc) is 2.60. The Labute approximate surface area is 168 Å². The van der Waals surface area contributed by atoms with E-state index < -0.39 is 0 Å². The maximum Gasteiger partial charge on any atom is 0.213 e. The molecule has 0 saturated heterocycles. The van der Waals surface area contributed by atoms with Crippen LogP contribution in [0.1, 0.15) is 25.3 Å². The van der Waals surface area contributed by atoms with Gasteiger partial charge in [-0.1, -0.05) is 12.1 Å². The van der Waals surface area contributed by atoms with E-state index in [1.807, 2.05) is 18.2 Å². The Bertz CT molecular complexity index is 494. The van der Waals surface area contributed by atoms with Crippen LogP contribution in [0.3, 0.4) is 0 Å². The number of allylic oxidation sites excluding steroid dienone is 1. The van der Waals surface area contributed by atoms with E-state index in [-0.39, 0.29) is 24.0 Å². The molecule has 1 N–H and O–H groups in total. The zero-order valence-electron chi connectivity index (χ0n) is 15.5. The van der Waals surface area contributed by atoms with Crippen LogP contribution in [0.25, 0.3) is 0 Å². The minimum absolute atomic E-state index is 0. The molecule has 0 saturated carbocycles. The van der Waals surface area contributed by atoms with Crippen molar-refractivity contribution in [2.24, 2.45) is 4.99 Å². The second-order valence-electron chi connectivity index (χ2n) is 5.37. The number of aromatic nitrogens is 1. The minimum atomic E-state index is 0. The zero-order valence-corrected chi connectivity index (χ0v) is 17.9. The van der Waals surface area contributed by atoms with E-state index in [1.54, 1.807) is 13.3 Å². The van der Waals surface area contributed by atoms with Gasteiger partial charge in [0.1, 0.15) is 6.61 Å². The van der Waals surface area contributed by atoms with Crippen LogP contribution in [0.15, 0.2) is 36.0 Å². The first-order chi connectivity index (χ1) is 11.7. The SMILES string of the molecule is C=CCCCN(C)C(=NCc1ccc(OCCOC)nc1)NCC.I. The lowest BCUT2D eigenvalue weighted by Crippen LogP contribution is -2.39. The highest BCUT2D eigenvalue weighted by Crippen LogP contribution is 2.08. The Morgan fingerprint density at radius 2 is 2.20 bits per heavy atom. The van der Waals surface area contributed by atoms with Gasteiger partial charge < -0.3 is 19.7 Å². The number of halogens is 1. The molecule has 0 fully saturated rings. The number of unbranched alkanes of at least 4 members (excludes halogenated alkanes) is 1. The van der Waals surface area contributed by atoms with Crippen LogP contribution in [-0.2, 0) is 11.3 Å². The second kappa shape index (κ2) is 14.9. The number of hydrogen-bond acceptors (Lipinski definition) is 4. The van der Waals surface area contributed by atoms with Gasteiger partial charge in [0, 0.05) is 39.5 Å². The number of pyridine rings is 1. The van der Waals surface area contributed by atoms with E-state index in [0.717, 1.165) is 37.5 Å². The molecule has 0 amide bonds. The Balaban J connectivity index is 0.00000576. The van der Waals surface area contributed by atoms with Crippen LogP contribution < -0.4 is 10.1 Å². The Morgan fingerprint density at radius 3 is 2.80 bits per heavy atom. The standard InChI is InChI=1S/C18H30N4O2.HI/c1-5-7-8-11-22(3)18(19-6-2)21-15-16-9-10-17(20-14-16)24-13-12-23-4;/h5,9-10,14H,1,6-8,11-13,15H2,2-4H3,(H,19,21);1H. The van der Waals surface area contributed by atoms with Gasteiger partial charge in [-0.25, -0.2) is 9.98 Å². The third kappa shape index (κ3) is 10.3. The first kappa shape index (κ1) is 23.6. The van der Waals surface area contributed by atoms with E-state index in [0.29, 0.717) is 25.6 Å². The second-order valence-corrected chi connectivity index (χ2v) is 5.37. The fourth-order valence-corrected chi connectivity index (χ4v) is 2.03. The maximum absolute atomic E-state index is 5.46. The Morgan fingerprint density at radius 1 is 1.40 bits per heavy atom. The number of guanidine groups is 1. The molecule has 6 nitrogen and oxygen atoms in total. The number of nitrogens with one attached hydrogen (secondary N) is 1. The lowest BCUT2D eigenvalue weighted by molar-refractivity contribution is 0.143. The number of rotatable bonds is 11. The molecule has 1 heterocycles. The van der Waals surface area contributed by atoms with E-state index in [2.05, 4.69) is 40.7 Å². The largest absolute Gasteiger partial charge is 0.475 e. The molecule has 142 valence electrons. The number of methoxy groups -OCH3 is 1. The quantitative estimate of drug-likeness (QED) is 0.180. The predicted octanol–water partition coefficient (Wildman–Crippen LogP) is 3.09. The number of ether oxygens (including phenoxy) is 2. The topological polar surface area (TPSA) is 59.0 Å². The Hall–Kier alpha value is -1.35. The summed E-state index contributed by atoms with van der Waals surface area (Å²) in [6.07, 6.45) is 5.82. The van der Waals surface area contributed by atoms with Crippen molar-refractivity contribution in [3.63, 3.8) is 0 Å². The van der Waals surface area contributed by atoms with Gasteiger partial charge in [-0.05, 0) is 25.3 Å². The first-order valence-electron chi connectivity index (χ1n) is 8.38. The van der Waals surface area contributed by atoms with Crippen molar-refractivity contribution in [2.75, 3.05) is 40.5 Å². The molecular formula is C18H31IN4O2. The molecule has 25 heavy (non-hydrogen) atoms. The van der Waals surface area contributed by atoms with E-state index in [4.69, 9.17) is 9.47 Å². The highest BCUT2D eigenvalue weighted by Gasteiger charge is 2.05. The average molecular weight is 462 g/mol. The van der Waals surface area contributed by atoms with Crippen LogP contribution in [0.4, 0.5) is 0 Å². The van der Waals surface area contributed by atoms with Crippen molar-refractivity contribution in [3.05, 3.63) is 36.5 Å². The summed E-state index contributed by atoms with van der Waals surface area (Å²) < 4.78 is 10.4. The van der Waals surface area contributed by atoms with Crippen LogP contribution in [0.5, 0.6) is 5.88 Å². The highest BCUT2D eigenvalue weighted by atomic mass is 127. The third-order valence-electron chi connectivity index (χ3n) is 3.34. The predicted molar refractivity (Wildman–Crippen MR) is 114 cm³/mol. The summed E-state index contributed by atoms with van der Waals surface area (Å²) in [6.45, 7) is 9.25. The highest BCUT2D eigenvalue weighted by molar-refractivity contribution is 14.0. The molecule has 0 unspecified atom stereocenters. The zero-order chi connectivity index (χ0) is 17.6. The van der Waals surface area contributed by atoms with Gasteiger partial charge in [0.15, 0.2) is 5.96 Å². The lowest BCUT2D eigenvalue weighted by atomic mass is 10.3. The van der Waals surface area contributed by atoms with Gasteiger partial charge in [-0.3, -0.25) is 0 Å². The van der Waals surface area contributed by atoms with Gasteiger partial charge in [-0.2, -0.15) is 0 Å². The van der Waals surface area contributed by atoms with Crippen molar-refractivity contribution in [1.29, 1.82) is 0 Å². The molecule has 0 aliphatic heterocycles. The monoisotopic (exact) mass is 462 g/mol. The summed E-state index contributed by atoms with van der Waals surface area (Å²) in [5.41, 5.74) is 1.05. The summed E-state index contributed by atoms with van der Waals surface area (Å²) in [7, 11) is 3.70. The van der Waals surface area contributed by atoms with Gasteiger partial charge >= 0.3 is 0 Å². The number of hydrogen-bond donors (Lipinski definition) is 1. The van der Waals surface area contributed by atoms with Crippen molar-refractivity contribution in [3.8, 4) is 5.88 Å². The minimum Gasteiger partial charge on any atom is -0.475 e. The van der Waals surface area contributed by atoms with Crippen molar-refractivity contribution in [2.45, 2.75) is 26.3 Å². The molecule has 0 aliphatic carbocycles. The molecule has 1 aromatic heterocycles. The summed E-state index contributed by atoms with van der Waals surface area (Å²) in [4.78, 5) is 11.1. The smallest absolute Gasteiger partial charge is 0.213 e. The van der Waals surface area contributed by atoms with Crippen molar-refractivity contribution < 1.29 is 9.47 Å². The Kier molecular flexibility index (Phi) is 14.1.